The van der Waals surface area contributed by atoms with E-state index in [-0.39, 0.29) is 12.5 Å². The molecule has 1 fully saturated rings. The van der Waals surface area contributed by atoms with Crippen molar-refractivity contribution in [1.29, 1.82) is 0 Å². The van der Waals surface area contributed by atoms with Gasteiger partial charge in [0.2, 0.25) is 0 Å². The third-order valence-electron chi connectivity index (χ3n) is 4.90. The second kappa shape index (κ2) is 9.53. The Hall–Kier alpha value is -2.37. The lowest BCUT2D eigenvalue weighted by Gasteiger charge is -2.26. The smallest absolute Gasteiger partial charge is 0.258 e. The first-order valence-electron chi connectivity index (χ1n) is 9.45. The van der Waals surface area contributed by atoms with Crippen molar-refractivity contribution in [2.24, 2.45) is 0 Å². The van der Waals surface area contributed by atoms with E-state index >= 15 is 0 Å². The van der Waals surface area contributed by atoms with Crippen molar-refractivity contribution in [3.8, 4) is 5.75 Å². The molecule has 5 nitrogen and oxygen atoms in total. The summed E-state index contributed by atoms with van der Waals surface area (Å²) in [5.41, 5.74) is 4.59. The van der Waals surface area contributed by atoms with Gasteiger partial charge in [-0.2, -0.15) is 0 Å². The molecule has 1 heterocycles. The molecule has 144 valence electrons. The van der Waals surface area contributed by atoms with E-state index in [0.717, 1.165) is 55.3 Å². The molecule has 1 aliphatic heterocycles. The van der Waals surface area contributed by atoms with Gasteiger partial charge in [-0.25, -0.2) is 0 Å². The van der Waals surface area contributed by atoms with Gasteiger partial charge in [-0.3, -0.25) is 9.69 Å². The number of ether oxygens (including phenoxy) is 2. The molecule has 2 aromatic carbocycles. The van der Waals surface area contributed by atoms with Crippen LogP contribution in [-0.4, -0.2) is 43.7 Å². The zero-order valence-corrected chi connectivity index (χ0v) is 16.2. The van der Waals surface area contributed by atoms with E-state index in [4.69, 9.17) is 9.47 Å². The fourth-order valence-corrected chi connectivity index (χ4v) is 3.13. The van der Waals surface area contributed by atoms with Gasteiger partial charge in [0.15, 0.2) is 6.61 Å². The number of morpholine rings is 1. The van der Waals surface area contributed by atoms with Crippen LogP contribution in [0.1, 0.15) is 22.3 Å². The number of benzene rings is 2. The summed E-state index contributed by atoms with van der Waals surface area (Å²) < 4.78 is 11.1. The molecular weight excluding hydrogens is 340 g/mol. The van der Waals surface area contributed by atoms with Crippen molar-refractivity contribution >= 4 is 5.91 Å². The van der Waals surface area contributed by atoms with Crippen LogP contribution >= 0.6 is 0 Å². The normalized spacial score (nSPS) is 14.7. The van der Waals surface area contributed by atoms with Gasteiger partial charge in [0.05, 0.1) is 13.2 Å². The first-order chi connectivity index (χ1) is 13.1. The minimum Gasteiger partial charge on any atom is -0.483 e. The van der Waals surface area contributed by atoms with Gasteiger partial charge >= 0.3 is 0 Å². The molecule has 0 spiro atoms. The first kappa shape index (κ1) is 19.4. The van der Waals surface area contributed by atoms with Crippen LogP contribution in [0.5, 0.6) is 5.75 Å². The number of aryl methyl sites for hydroxylation is 1. The van der Waals surface area contributed by atoms with Crippen LogP contribution in [-0.2, 0) is 22.6 Å². The van der Waals surface area contributed by atoms with E-state index in [2.05, 4.69) is 22.3 Å². The molecule has 0 radical (unpaired) electrons. The third kappa shape index (κ3) is 5.81. The highest BCUT2D eigenvalue weighted by molar-refractivity contribution is 5.77. The van der Waals surface area contributed by atoms with Crippen LogP contribution in [0.4, 0.5) is 0 Å². The maximum Gasteiger partial charge on any atom is 0.258 e. The molecule has 0 atom stereocenters. The Morgan fingerprint density at radius 3 is 2.67 bits per heavy atom. The highest BCUT2D eigenvalue weighted by Gasteiger charge is 2.11. The SMILES string of the molecule is Cc1cccc(OCC(=O)NCc2cccc(CN3CCOCC3)c2)c1C. The van der Waals surface area contributed by atoms with Crippen LogP contribution in [0.2, 0.25) is 0 Å². The molecule has 1 saturated heterocycles. The zero-order chi connectivity index (χ0) is 19.1. The predicted octanol–water partition coefficient (Wildman–Crippen LogP) is 2.83. The molecule has 5 heteroatoms. The summed E-state index contributed by atoms with van der Waals surface area (Å²) >= 11 is 0. The Kier molecular flexibility index (Phi) is 6.85. The van der Waals surface area contributed by atoms with Crippen LogP contribution in [0.25, 0.3) is 0 Å². The fourth-order valence-electron chi connectivity index (χ4n) is 3.13. The third-order valence-corrected chi connectivity index (χ3v) is 4.90. The fraction of sp³-hybridized carbons (Fsp3) is 0.409. The van der Waals surface area contributed by atoms with Gasteiger partial charge in [-0.1, -0.05) is 36.4 Å². The lowest BCUT2D eigenvalue weighted by Crippen LogP contribution is -2.35. The Labute approximate surface area is 161 Å². The average Bonchev–Trinajstić information content (AvgIpc) is 2.68. The lowest BCUT2D eigenvalue weighted by atomic mass is 10.1. The molecule has 1 N–H and O–H groups in total. The van der Waals surface area contributed by atoms with E-state index in [1.165, 1.54) is 5.56 Å². The maximum absolute atomic E-state index is 12.1. The maximum atomic E-state index is 12.1. The Bertz CT molecular complexity index is 770. The van der Waals surface area contributed by atoms with Crippen molar-refractivity contribution in [3.63, 3.8) is 0 Å². The van der Waals surface area contributed by atoms with Gasteiger partial charge in [-0.15, -0.1) is 0 Å². The number of hydrogen-bond acceptors (Lipinski definition) is 4. The number of hydrogen-bond donors (Lipinski definition) is 1. The lowest BCUT2D eigenvalue weighted by molar-refractivity contribution is -0.123. The molecule has 2 aromatic rings. The van der Waals surface area contributed by atoms with Crippen LogP contribution in [0.15, 0.2) is 42.5 Å². The number of carbonyl (C=O) groups excluding carboxylic acids is 1. The molecular formula is C22H28N2O3. The van der Waals surface area contributed by atoms with Gasteiger partial charge in [0, 0.05) is 26.2 Å². The number of amides is 1. The summed E-state index contributed by atoms with van der Waals surface area (Å²) in [6.45, 7) is 9.03. The van der Waals surface area contributed by atoms with Gasteiger partial charge in [0.25, 0.3) is 5.91 Å². The van der Waals surface area contributed by atoms with E-state index in [9.17, 15) is 4.79 Å². The Morgan fingerprint density at radius 2 is 1.85 bits per heavy atom. The van der Waals surface area contributed by atoms with E-state index in [0.29, 0.717) is 6.54 Å². The number of carbonyl (C=O) groups is 1. The van der Waals surface area contributed by atoms with E-state index < -0.39 is 0 Å². The number of nitrogens with zero attached hydrogens (tertiary/aromatic N) is 1. The second-order valence-electron chi connectivity index (χ2n) is 6.97. The highest BCUT2D eigenvalue weighted by Crippen LogP contribution is 2.20. The minimum atomic E-state index is -0.116. The Morgan fingerprint density at radius 1 is 1.11 bits per heavy atom. The van der Waals surface area contributed by atoms with Crippen LogP contribution < -0.4 is 10.1 Å². The minimum absolute atomic E-state index is 0.0256. The van der Waals surface area contributed by atoms with Crippen molar-refractivity contribution in [3.05, 3.63) is 64.7 Å². The van der Waals surface area contributed by atoms with Crippen molar-refractivity contribution < 1.29 is 14.3 Å². The summed E-state index contributed by atoms with van der Waals surface area (Å²) in [5, 5.41) is 2.94. The molecule has 0 bridgehead atoms. The van der Waals surface area contributed by atoms with E-state index in [1.54, 1.807) is 0 Å². The summed E-state index contributed by atoms with van der Waals surface area (Å²) in [6.07, 6.45) is 0. The molecule has 27 heavy (non-hydrogen) atoms. The molecule has 1 aliphatic rings. The van der Waals surface area contributed by atoms with Crippen molar-refractivity contribution in [1.82, 2.24) is 10.2 Å². The van der Waals surface area contributed by atoms with E-state index in [1.807, 2.05) is 44.2 Å². The molecule has 0 unspecified atom stereocenters. The standard InChI is InChI=1S/C22H28N2O3/c1-17-5-3-8-21(18(17)2)27-16-22(25)23-14-19-6-4-7-20(13-19)15-24-9-11-26-12-10-24/h3-8,13H,9-12,14-16H2,1-2H3,(H,23,25). The number of nitrogens with one attached hydrogen (secondary N) is 1. The molecule has 3 rings (SSSR count). The van der Waals surface area contributed by atoms with Gasteiger partial charge < -0.3 is 14.8 Å². The predicted molar refractivity (Wildman–Crippen MR) is 106 cm³/mol. The molecule has 0 aromatic heterocycles. The summed E-state index contributed by atoms with van der Waals surface area (Å²) in [5.74, 6) is 0.646. The summed E-state index contributed by atoms with van der Waals surface area (Å²) in [4.78, 5) is 14.5. The summed E-state index contributed by atoms with van der Waals surface area (Å²) in [7, 11) is 0. The van der Waals surface area contributed by atoms with Crippen LogP contribution in [0, 0.1) is 13.8 Å². The molecule has 1 amide bonds. The zero-order valence-electron chi connectivity index (χ0n) is 16.2. The van der Waals surface area contributed by atoms with Crippen molar-refractivity contribution in [2.45, 2.75) is 26.9 Å². The van der Waals surface area contributed by atoms with Gasteiger partial charge in [-0.05, 0) is 42.2 Å². The Balaban J connectivity index is 1.47. The number of rotatable bonds is 7. The second-order valence-corrected chi connectivity index (χ2v) is 6.97. The van der Waals surface area contributed by atoms with Crippen LogP contribution in [0.3, 0.4) is 0 Å². The highest BCUT2D eigenvalue weighted by atomic mass is 16.5. The molecule has 0 aliphatic carbocycles. The average molecular weight is 368 g/mol. The quantitative estimate of drug-likeness (QED) is 0.817. The van der Waals surface area contributed by atoms with Gasteiger partial charge in [0.1, 0.15) is 5.75 Å². The monoisotopic (exact) mass is 368 g/mol. The molecule has 0 saturated carbocycles. The van der Waals surface area contributed by atoms with Crippen molar-refractivity contribution in [2.75, 3.05) is 32.9 Å². The first-order valence-corrected chi connectivity index (χ1v) is 9.45. The topological polar surface area (TPSA) is 50.8 Å². The largest absolute Gasteiger partial charge is 0.483 e. The summed E-state index contributed by atoms with van der Waals surface area (Å²) in [6, 6.07) is 14.2.